The molecule has 1 N–H and O–H groups in total. The van der Waals surface area contributed by atoms with Gasteiger partial charge in [0.1, 0.15) is 24.5 Å². The summed E-state index contributed by atoms with van der Waals surface area (Å²) in [4.78, 5) is 38.6. The minimum absolute atomic E-state index is 0.0346. The van der Waals surface area contributed by atoms with E-state index in [1.807, 2.05) is 19.1 Å². The number of rotatable bonds is 7. The van der Waals surface area contributed by atoms with Gasteiger partial charge in [-0.05, 0) is 37.5 Å². The molecule has 7 heteroatoms. The largest absolute Gasteiger partial charge is 0.544 e. The Balaban J connectivity index is 1.90. The highest BCUT2D eigenvalue weighted by Gasteiger charge is 2.46. The standard InChI is InChI=1S/C26H27NO6/c1-3-13-33-21-12-11-16(14-22(21)32-4-2)24-25-17(7-5-9-19(25)28)27(15-23(30)31)18-8-6-10-20(29)26(18)24/h1,11-12,14,24H,4-10,13,15H2,2H3,(H,30,31). The van der Waals surface area contributed by atoms with Gasteiger partial charge in [0, 0.05) is 25.7 Å². The molecule has 0 saturated heterocycles. The molecule has 7 nitrogen and oxygen atoms in total. The quantitative estimate of drug-likeness (QED) is 0.620. The SMILES string of the molecule is C#CCOc1ccc(C2C3=C(CCCC3=O)[NH+](CC(=O)[O-])C3=C2C(=O)CCC3)cc1OCC. The Bertz CT molecular complexity index is 1060. The van der Waals surface area contributed by atoms with Gasteiger partial charge < -0.3 is 19.4 Å². The van der Waals surface area contributed by atoms with Crippen LogP contribution in [0.25, 0.3) is 0 Å². The first-order valence-corrected chi connectivity index (χ1v) is 11.4. The lowest BCUT2D eigenvalue weighted by molar-refractivity contribution is -0.819. The average molecular weight is 450 g/mol. The Labute approximate surface area is 193 Å². The molecule has 3 aliphatic rings. The minimum Gasteiger partial charge on any atom is -0.544 e. The molecule has 4 rings (SSSR count). The van der Waals surface area contributed by atoms with Gasteiger partial charge in [-0.25, -0.2) is 0 Å². The predicted octanol–water partition coefficient (Wildman–Crippen LogP) is 0.844. The fraction of sp³-hybridized carbons (Fsp3) is 0.423. The van der Waals surface area contributed by atoms with Crippen molar-refractivity contribution in [1.29, 1.82) is 0 Å². The van der Waals surface area contributed by atoms with E-state index in [1.54, 1.807) is 6.07 Å². The molecule has 0 spiro atoms. The van der Waals surface area contributed by atoms with Crippen LogP contribution in [-0.2, 0) is 14.4 Å². The van der Waals surface area contributed by atoms with Crippen LogP contribution in [-0.4, -0.2) is 37.3 Å². The summed E-state index contributed by atoms with van der Waals surface area (Å²) in [5, 5.41) is 11.6. The van der Waals surface area contributed by atoms with Crippen molar-refractivity contribution in [2.45, 2.75) is 51.4 Å². The van der Waals surface area contributed by atoms with Crippen molar-refractivity contribution >= 4 is 17.5 Å². The number of carboxylic acid groups (broad SMARTS) is 1. The van der Waals surface area contributed by atoms with Crippen molar-refractivity contribution in [1.82, 2.24) is 0 Å². The maximum atomic E-state index is 13.2. The molecule has 172 valence electrons. The lowest BCUT2D eigenvalue weighted by atomic mass is 9.71. The molecule has 1 heterocycles. The van der Waals surface area contributed by atoms with E-state index in [4.69, 9.17) is 15.9 Å². The third-order valence-corrected chi connectivity index (χ3v) is 6.45. The first-order valence-electron chi connectivity index (χ1n) is 11.4. The lowest BCUT2D eigenvalue weighted by Gasteiger charge is -2.39. The number of allylic oxidation sites excluding steroid dienone is 4. The van der Waals surface area contributed by atoms with Gasteiger partial charge in [-0.3, -0.25) is 14.5 Å². The van der Waals surface area contributed by atoms with Crippen LogP contribution in [0.15, 0.2) is 40.7 Å². The number of hydrogen-bond donors (Lipinski definition) is 1. The minimum atomic E-state index is -1.20. The Hall–Kier alpha value is -3.37. The third-order valence-electron chi connectivity index (χ3n) is 6.45. The van der Waals surface area contributed by atoms with E-state index in [0.29, 0.717) is 72.7 Å². The Morgan fingerprint density at radius 3 is 2.24 bits per heavy atom. The van der Waals surface area contributed by atoms with Gasteiger partial charge in [0.05, 0.1) is 29.6 Å². The zero-order chi connectivity index (χ0) is 23.5. The molecule has 1 aromatic carbocycles. The van der Waals surface area contributed by atoms with Crippen LogP contribution in [0.4, 0.5) is 0 Å². The molecule has 33 heavy (non-hydrogen) atoms. The molecule has 0 unspecified atom stereocenters. The topological polar surface area (TPSA) is 97.2 Å². The number of ketones is 2. The van der Waals surface area contributed by atoms with E-state index in [-0.39, 0.29) is 24.7 Å². The summed E-state index contributed by atoms with van der Waals surface area (Å²) < 4.78 is 11.4. The number of quaternary nitrogens is 1. The van der Waals surface area contributed by atoms with E-state index in [2.05, 4.69) is 5.92 Å². The maximum absolute atomic E-state index is 13.2. The highest BCUT2D eigenvalue weighted by Crippen LogP contribution is 2.45. The van der Waals surface area contributed by atoms with Gasteiger partial charge in [-0.2, -0.15) is 0 Å². The van der Waals surface area contributed by atoms with E-state index in [1.165, 1.54) is 0 Å². The number of nitrogens with one attached hydrogen (secondary N) is 1. The summed E-state index contributed by atoms with van der Waals surface area (Å²) in [6.07, 6.45) is 8.65. The first kappa shape index (κ1) is 22.8. The molecular formula is C26H27NO6. The smallest absolute Gasteiger partial charge is 0.165 e. The second-order valence-corrected chi connectivity index (χ2v) is 8.43. The number of benzene rings is 1. The fourth-order valence-corrected chi connectivity index (χ4v) is 5.25. The average Bonchev–Trinajstić information content (AvgIpc) is 2.79. The van der Waals surface area contributed by atoms with Gasteiger partial charge in [0.25, 0.3) is 0 Å². The molecule has 0 atom stereocenters. The second-order valence-electron chi connectivity index (χ2n) is 8.43. The summed E-state index contributed by atoms with van der Waals surface area (Å²) in [5.41, 5.74) is 3.40. The molecule has 0 bridgehead atoms. The van der Waals surface area contributed by atoms with Crippen LogP contribution in [0.2, 0.25) is 0 Å². The van der Waals surface area contributed by atoms with Crippen LogP contribution in [0.5, 0.6) is 11.5 Å². The van der Waals surface area contributed by atoms with Crippen LogP contribution >= 0.6 is 0 Å². The third kappa shape index (κ3) is 4.31. The molecule has 0 aromatic heterocycles. The molecule has 1 aromatic rings. The van der Waals surface area contributed by atoms with Gasteiger partial charge in [0.15, 0.2) is 23.1 Å². The second kappa shape index (κ2) is 9.63. The number of hydrogen-bond acceptors (Lipinski definition) is 6. The van der Waals surface area contributed by atoms with Crippen molar-refractivity contribution in [3.05, 3.63) is 46.3 Å². The van der Waals surface area contributed by atoms with Gasteiger partial charge >= 0.3 is 0 Å². The number of carbonyl (C=O) groups is 3. The van der Waals surface area contributed by atoms with Crippen molar-refractivity contribution in [3.8, 4) is 23.8 Å². The van der Waals surface area contributed by atoms with Gasteiger partial charge in [0.2, 0.25) is 0 Å². The van der Waals surface area contributed by atoms with Crippen LogP contribution in [0, 0.1) is 12.3 Å². The number of aliphatic carboxylic acids is 1. The molecule has 0 amide bonds. The van der Waals surface area contributed by atoms with Crippen molar-refractivity contribution in [2.75, 3.05) is 19.8 Å². The molecular weight excluding hydrogens is 422 g/mol. The predicted molar refractivity (Wildman–Crippen MR) is 117 cm³/mol. The van der Waals surface area contributed by atoms with Crippen molar-refractivity contribution in [3.63, 3.8) is 0 Å². The molecule has 2 aliphatic carbocycles. The summed E-state index contributed by atoms with van der Waals surface area (Å²) in [5.74, 6) is 1.60. The molecule has 0 fully saturated rings. The fourth-order valence-electron chi connectivity index (χ4n) is 5.25. The molecule has 0 radical (unpaired) electrons. The molecule has 1 aliphatic heterocycles. The summed E-state index contributed by atoms with van der Waals surface area (Å²) in [6.45, 7) is 2.07. The van der Waals surface area contributed by atoms with E-state index in [0.717, 1.165) is 17.0 Å². The monoisotopic (exact) mass is 449 g/mol. The van der Waals surface area contributed by atoms with Crippen LogP contribution in [0.1, 0.15) is 56.9 Å². The zero-order valence-corrected chi connectivity index (χ0v) is 18.7. The lowest BCUT2D eigenvalue weighted by Crippen LogP contribution is -3.11. The number of Topliss-reactive ketones (excluding diaryl/α,β-unsaturated/α-hetero) is 2. The normalized spacial score (nSPS) is 22.4. The van der Waals surface area contributed by atoms with E-state index >= 15 is 0 Å². The maximum Gasteiger partial charge on any atom is 0.165 e. The number of carboxylic acids is 1. The van der Waals surface area contributed by atoms with Crippen molar-refractivity contribution in [2.24, 2.45) is 0 Å². The van der Waals surface area contributed by atoms with Gasteiger partial charge in [-0.15, -0.1) is 6.42 Å². The zero-order valence-electron chi connectivity index (χ0n) is 18.7. The Morgan fingerprint density at radius 2 is 1.70 bits per heavy atom. The summed E-state index contributed by atoms with van der Waals surface area (Å²) in [6, 6.07) is 5.39. The summed E-state index contributed by atoms with van der Waals surface area (Å²) in [7, 11) is 0. The number of carbonyl (C=O) groups excluding carboxylic acids is 3. The summed E-state index contributed by atoms with van der Waals surface area (Å²) >= 11 is 0. The Kier molecular flexibility index (Phi) is 6.66. The van der Waals surface area contributed by atoms with Crippen LogP contribution in [0.3, 0.4) is 0 Å². The highest BCUT2D eigenvalue weighted by molar-refractivity contribution is 6.05. The number of terminal acetylenes is 1. The van der Waals surface area contributed by atoms with E-state index < -0.39 is 11.9 Å². The number of ether oxygens (including phenoxy) is 2. The van der Waals surface area contributed by atoms with Gasteiger partial charge in [-0.1, -0.05) is 12.0 Å². The highest BCUT2D eigenvalue weighted by atomic mass is 16.5. The first-order chi connectivity index (χ1) is 16.0. The van der Waals surface area contributed by atoms with Crippen molar-refractivity contribution < 1.29 is 33.9 Å². The van der Waals surface area contributed by atoms with E-state index in [9.17, 15) is 19.5 Å². The van der Waals surface area contributed by atoms with Crippen LogP contribution < -0.4 is 19.5 Å². The Morgan fingerprint density at radius 1 is 1.06 bits per heavy atom. The molecule has 0 saturated carbocycles.